The lowest BCUT2D eigenvalue weighted by molar-refractivity contribution is 1.15. The zero-order valence-corrected chi connectivity index (χ0v) is 4.26. The Morgan fingerprint density at radius 3 is 2.38 bits per heavy atom. The van der Waals surface area contributed by atoms with E-state index in [1.807, 2.05) is 0 Å². The largest absolute Gasteiger partial charge is 0.204 e. The molecule has 0 heterocycles. The maximum absolute atomic E-state index is 6.55. The summed E-state index contributed by atoms with van der Waals surface area (Å²) in [5.74, 6) is 0. The SMILES string of the molecule is N=Nc1cc[c]cc1. The summed E-state index contributed by atoms with van der Waals surface area (Å²) >= 11 is 0. The first-order valence-corrected chi connectivity index (χ1v) is 2.27. The van der Waals surface area contributed by atoms with Crippen LogP contribution in [-0.2, 0) is 0 Å². The zero-order valence-electron chi connectivity index (χ0n) is 4.26. The molecular weight excluding hydrogens is 100 g/mol. The van der Waals surface area contributed by atoms with Crippen LogP contribution in [0.5, 0.6) is 0 Å². The van der Waals surface area contributed by atoms with Crippen LogP contribution in [0.15, 0.2) is 29.4 Å². The van der Waals surface area contributed by atoms with Gasteiger partial charge in [0, 0.05) is 0 Å². The number of nitrogens with one attached hydrogen (secondary N) is 1. The van der Waals surface area contributed by atoms with E-state index in [1.54, 1.807) is 24.3 Å². The second kappa shape index (κ2) is 2.21. The Kier molecular flexibility index (Phi) is 1.37. The quantitative estimate of drug-likeness (QED) is 0.531. The Balaban J connectivity index is 2.99. The van der Waals surface area contributed by atoms with Crippen LogP contribution in [0, 0.1) is 11.6 Å². The van der Waals surface area contributed by atoms with Crippen molar-refractivity contribution in [2.24, 2.45) is 5.11 Å². The van der Waals surface area contributed by atoms with Crippen LogP contribution >= 0.6 is 0 Å². The van der Waals surface area contributed by atoms with Crippen LogP contribution in [0.25, 0.3) is 0 Å². The fourth-order valence-electron chi connectivity index (χ4n) is 0.453. The van der Waals surface area contributed by atoms with Gasteiger partial charge in [0.15, 0.2) is 0 Å². The fourth-order valence-corrected chi connectivity index (χ4v) is 0.453. The lowest BCUT2D eigenvalue weighted by Crippen LogP contribution is -1.57. The van der Waals surface area contributed by atoms with Gasteiger partial charge in [-0.15, -0.1) is 0 Å². The molecule has 39 valence electrons. The van der Waals surface area contributed by atoms with E-state index >= 15 is 0 Å². The normalized spacial score (nSPS) is 8.50. The first kappa shape index (κ1) is 4.97. The highest BCUT2D eigenvalue weighted by Gasteiger charge is 1.79. The predicted octanol–water partition coefficient (Wildman–Crippen LogP) is 2.15. The molecule has 8 heavy (non-hydrogen) atoms. The summed E-state index contributed by atoms with van der Waals surface area (Å²) in [6, 6.07) is 9.74. The highest BCUT2D eigenvalue weighted by Crippen LogP contribution is 2.06. The molecular formula is C6H5N2. The minimum Gasteiger partial charge on any atom is -0.204 e. The van der Waals surface area contributed by atoms with Gasteiger partial charge in [-0.25, -0.2) is 5.53 Å². The third kappa shape index (κ3) is 0.904. The second-order valence-corrected chi connectivity index (χ2v) is 1.37. The van der Waals surface area contributed by atoms with Crippen molar-refractivity contribution < 1.29 is 0 Å². The number of benzene rings is 1. The van der Waals surface area contributed by atoms with Crippen molar-refractivity contribution in [2.75, 3.05) is 0 Å². The molecule has 1 rings (SSSR count). The van der Waals surface area contributed by atoms with Crippen molar-refractivity contribution in [3.8, 4) is 0 Å². The van der Waals surface area contributed by atoms with E-state index in [9.17, 15) is 0 Å². The topological polar surface area (TPSA) is 36.2 Å². The molecule has 0 aliphatic carbocycles. The minimum atomic E-state index is 0.670. The third-order valence-electron chi connectivity index (χ3n) is 0.830. The van der Waals surface area contributed by atoms with Crippen LogP contribution in [0.1, 0.15) is 0 Å². The molecule has 1 radical (unpaired) electrons. The van der Waals surface area contributed by atoms with Gasteiger partial charge in [-0.05, 0) is 18.2 Å². The Morgan fingerprint density at radius 2 is 2.00 bits per heavy atom. The van der Waals surface area contributed by atoms with E-state index in [0.29, 0.717) is 5.69 Å². The fraction of sp³-hybridized carbons (Fsp3) is 0. The molecule has 0 bridgehead atoms. The maximum Gasteiger partial charge on any atom is 0.0850 e. The molecule has 0 unspecified atom stereocenters. The Labute approximate surface area is 47.7 Å². The Morgan fingerprint density at radius 1 is 1.38 bits per heavy atom. The number of hydrogen-bond acceptors (Lipinski definition) is 2. The van der Waals surface area contributed by atoms with Crippen LogP contribution in [0.3, 0.4) is 0 Å². The van der Waals surface area contributed by atoms with Gasteiger partial charge in [0.25, 0.3) is 0 Å². The number of nitrogens with zero attached hydrogens (tertiary/aromatic N) is 1. The summed E-state index contributed by atoms with van der Waals surface area (Å²) in [4.78, 5) is 0. The third-order valence-corrected chi connectivity index (χ3v) is 0.830. The molecule has 0 amide bonds. The van der Waals surface area contributed by atoms with Crippen molar-refractivity contribution in [1.82, 2.24) is 0 Å². The molecule has 0 saturated carbocycles. The second-order valence-electron chi connectivity index (χ2n) is 1.37. The van der Waals surface area contributed by atoms with Crippen LogP contribution in [-0.4, -0.2) is 0 Å². The molecule has 0 aromatic heterocycles. The summed E-state index contributed by atoms with van der Waals surface area (Å²) in [6.07, 6.45) is 0. The molecule has 2 nitrogen and oxygen atoms in total. The summed E-state index contributed by atoms with van der Waals surface area (Å²) < 4.78 is 0. The van der Waals surface area contributed by atoms with Crippen molar-refractivity contribution in [3.63, 3.8) is 0 Å². The van der Waals surface area contributed by atoms with Crippen molar-refractivity contribution in [1.29, 1.82) is 5.53 Å². The lowest BCUT2D eigenvalue weighted by atomic mass is 10.3. The molecule has 0 aliphatic heterocycles. The molecule has 0 spiro atoms. The molecule has 0 saturated heterocycles. The van der Waals surface area contributed by atoms with E-state index in [4.69, 9.17) is 5.53 Å². The monoisotopic (exact) mass is 105 g/mol. The van der Waals surface area contributed by atoms with Gasteiger partial charge in [0.1, 0.15) is 0 Å². The van der Waals surface area contributed by atoms with Crippen LogP contribution in [0.4, 0.5) is 5.69 Å². The molecule has 0 fully saturated rings. The molecule has 1 aromatic carbocycles. The van der Waals surface area contributed by atoms with Gasteiger partial charge in [0.05, 0.1) is 5.69 Å². The van der Waals surface area contributed by atoms with Gasteiger partial charge in [-0.3, -0.25) is 0 Å². The minimum absolute atomic E-state index is 0.670. The first-order chi connectivity index (χ1) is 3.93. The average molecular weight is 105 g/mol. The van der Waals surface area contributed by atoms with E-state index in [1.165, 1.54) is 0 Å². The van der Waals surface area contributed by atoms with Crippen molar-refractivity contribution in [2.45, 2.75) is 0 Å². The average Bonchev–Trinajstić information content (AvgIpc) is 1.90. The predicted molar refractivity (Wildman–Crippen MR) is 30.1 cm³/mol. The van der Waals surface area contributed by atoms with Crippen molar-refractivity contribution >= 4 is 5.69 Å². The molecule has 1 N–H and O–H groups in total. The van der Waals surface area contributed by atoms with Gasteiger partial charge >= 0.3 is 0 Å². The molecule has 0 aliphatic rings. The highest BCUT2D eigenvalue weighted by atomic mass is 14.9. The molecule has 0 atom stereocenters. The Hall–Kier alpha value is -1.18. The van der Waals surface area contributed by atoms with Gasteiger partial charge in [-0.2, -0.15) is 5.11 Å². The highest BCUT2D eigenvalue weighted by molar-refractivity contribution is 5.33. The number of hydrogen-bond donors (Lipinski definition) is 1. The van der Waals surface area contributed by atoms with E-state index in [2.05, 4.69) is 11.2 Å². The summed E-state index contributed by atoms with van der Waals surface area (Å²) in [7, 11) is 0. The van der Waals surface area contributed by atoms with Gasteiger partial charge in [0.2, 0.25) is 0 Å². The number of rotatable bonds is 1. The van der Waals surface area contributed by atoms with Gasteiger partial charge in [-0.1, -0.05) is 12.1 Å². The molecule has 1 aromatic rings. The summed E-state index contributed by atoms with van der Waals surface area (Å²) in [6.45, 7) is 0. The maximum atomic E-state index is 6.55. The standard InChI is InChI=1S/C6H5N2/c7-8-6-4-2-1-3-5-6/h2-5,7H. The van der Waals surface area contributed by atoms with Gasteiger partial charge < -0.3 is 0 Å². The van der Waals surface area contributed by atoms with Crippen LogP contribution in [0.2, 0.25) is 0 Å². The first-order valence-electron chi connectivity index (χ1n) is 2.27. The van der Waals surface area contributed by atoms with E-state index < -0.39 is 0 Å². The van der Waals surface area contributed by atoms with E-state index in [0.717, 1.165) is 0 Å². The van der Waals surface area contributed by atoms with E-state index in [-0.39, 0.29) is 0 Å². The summed E-state index contributed by atoms with van der Waals surface area (Å²) in [5.41, 5.74) is 7.22. The summed E-state index contributed by atoms with van der Waals surface area (Å²) in [5, 5.41) is 3.20. The lowest BCUT2D eigenvalue weighted by Gasteiger charge is -1.82. The Bertz CT molecular complexity index is 169. The van der Waals surface area contributed by atoms with Crippen LogP contribution < -0.4 is 0 Å². The van der Waals surface area contributed by atoms with Crippen molar-refractivity contribution in [3.05, 3.63) is 30.3 Å². The molecule has 2 heteroatoms. The smallest absolute Gasteiger partial charge is 0.0850 e. The zero-order chi connectivity index (χ0) is 5.82.